The van der Waals surface area contributed by atoms with Gasteiger partial charge in [-0.2, -0.15) is 0 Å². The van der Waals surface area contributed by atoms with Crippen LogP contribution in [0.5, 0.6) is 0 Å². The number of ether oxygens (including phenoxy) is 1. The van der Waals surface area contributed by atoms with Crippen molar-refractivity contribution in [3.8, 4) is 0 Å². The van der Waals surface area contributed by atoms with Crippen molar-refractivity contribution >= 4 is 28.8 Å². The molecule has 148 valence electrons. The summed E-state index contributed by atoms with van der Waals surface area (Å²) >= 11 is 8.09. The molecule has 2 aliphatic heterocycles. The fourth-order valence-corrected chi connectivity index (χ4v) is 4.45. The molecule has 4 rings (SSSR count). The summed E-state index contributed by atoms with van der Waals surface area (Å²) in [5.74, 6) is 0.455. The highest BCUT2D eigenvalue weighted by atomic mass is 35.5. The third kappa shape index (κ3) is 4.12. The first kappa shape index (κ1) is 19.5. The van der Waals surface area contributed by atoms with Gasteiger partial charge in [-0.05, 0) is 24.1 Å². The van der Waals surface area contributed by atoms with Crippen LogP contribution in [-0.4, -0.2) is 48.6 Å². The van der Waals surface area contributed by atoms with Gasteiger partial charge >= 0.3 is 0 Å². The van der Waals surface area contributed by atoms with Crippen molar-refractivity contribution in [1.82, 2.24) is 15.2 Å². The molecule has 1 aromatic heterocycles. The van der Waals surface area contributed by atoms with Crippen LogP contribution in [-0.2, 0) is 11.2 Å². The van der Waals surface area contributed by atoms with E-state index < -0.39 is 0 Å². The predicted octanol–water partition coefficient (Wildman–Crippen LogP) is 3.81. The maximum Gasteiger partial charge on any atom is 0.163 e. The fourth-order valence-electron chi connectivity index (χ4n) is 3.46. The summed E-state index contributed by atoms with van der Waals surface area (Å²) in [6.07, 6.45) is 4.38. The summed E-state index contributed by atoms with van der Waals surface area (Å²) in [5, 5.41) is 6.63. The SMILES string of the molecule is CCc1c(F)ccc(C2C=C(CN3CCOCC3)NC(c3nccs3)=N2)c1Cl. The zero-order valence-corrected chi connectivity index (χ0v) is 17.2. The summed E-state index contributed by atoms with van der Waals surface area (Å²) in [6, 6.07) is 2.93. The molecule has 0 amide bonds. The summed E-state index contributed by atoms with van der Waals surface area (Å²) in [5.41, 5.74) is 2.40. The largest absolute Gasteiger partial charge is 0.379 e. The van der Waals surface area contributed by atoms with E-state index in [1.807, 2.05) is 12.3 Å². The Morgan fingerprint density at radius 3 is 2.89 bits per heavy atom. The number of amidine groups is 1. The fraction of sp³-hybridized carbons (Fsp3) is 0.400. The number of rotatable bonds is 5. The Morgan fingerprint density at radius 1 is 1.36 bits per heavy atom. The summed E-state index contributed by atoms with van der Waals surface area (Å²) < 4.78 is 19.6. The predicted molar refractivity (Wildman–Crippen MR) is 111 cm³/mol. The standard InChI is InChI=1S/C20H22ClFN4OS/c1-2-14-16(22)4-3-15(18(14)21)17-11-13(12-26-6-8-27-9-7-26)24-19(25-17)20-23-5-10-28-20/h3-5,10-11,17H,2,6-9,12H2,1H3,(H,24,25). The van der Waals surface area contributed by atoms with Gasteiger partial charge in [0.2, 0.25) is 0 Å². The van der Waals surface area contributed by atoms with E-state index in [1.165, 1.54) is 17.4 Å². The van der Waals surface area contributed by atoms with Gasteiger partial charge < -0.3 is 10.1 Å². The molecule has 2 aliphatic rings. The van der Waals surface area contributed by atoms with Crippen LogP contribution in [0, 0.1) is 5.82 Å². The van der Waals surface area contributed by atoms with Crippen LogP contribution in [0.4, 0.5) is 4.39 Å². The second-order valence-electron chi connectivity index (χ2n) is 6.75. The van der Waals surface area contributed by atoms with Crippen molar-refractivity contribution in [1.29, 1.82) is 0 Å². The molecule has 1 aromatic carbocycles. The number of halogens is 2. The van der Waals surface area contributed by atoms with Crippen molar-refractivity contribution in [2.75, 3.05) is 32.8 Å². The Labute approximate surface area is 172 Å². The molecule has 1 atom stereocenters. The van der Waals surface area contributed by atoms with Gasteiger partial charge in [0.25, 0.3) is 0 Å². The Bertz CT molecular complexity index is 894. The van der Waals surface area contributed by atoms with E-state index >= 15 is 0 Å². The molecule has 0 bridgehead atoms. The minimum atomic E-state index is -0.283. The van der Waals surface area contributed by atoms with Gasteiger partial charge in [-0.3, -0.25) is 9.89 Å². The second kappa shape index (κ2) is 8.69. The third-order valence-corrected chi connectivity index (χ3v) is 6.15. The molecular weight excluding hydrogens is 399 g/mol. The quantitative estimate of drug-likeness (QED) is 0.799. The Hall–Kier alpha value is -1.80. The number of benzene rings is 1. The highest BCUT2D eigenvalue weighted by Gasteiger charge is 2.24. The molecule has 1 fully saturated rings. The monoisotopic (exact) mass is 420 g/mol. The molecule has 0 saturated carbocycles. The van der Waals surface area contributed by atoms with Crippen molar-refractivity contribution in [2.24, 2.45) is 4.99 Å². The van der Waals surface area contributed by atoms with E-state index in [0.29, 0.717) is 17.0 Å². The van der Waals surface area contributed by atoms with Crippen LogP contribution >= 0.6 is 22.9 Å². The lowest BCUT2D eigenvalue weighted by atomic mass is 10.00. The zero-order valence-electron chi connectivity index (χ0n) is 15.6. The molecule has 5 nitrogen and oxygen atoms in total. The number of thiazole rings is 1. The van der Waals surface area contributed by atoms with E-state index in [2.05, 4.69) is 21.3 Å². The number of morpholine rings is 1. The minimum Gasteiger partial charge on any atom is -0.379 e. The maximum atomic E-state index is 14.1. The van der Waals surface area contributed by atoms with Gasteiger partial charge in [-0.1, -0.05) is 24.6 Å². The first-order valence-electron chi connectivity index (χ1n) is 9.38. The van der Waals surface area contributed by atoms with Gasteiger partial charge in [0.05, 0.1) is 24.3 Å². The van der Waals surface area contributed by atoms with E-state index in [9.17, 15) is 4.39 Å². The van der Waals surface area contributed by atoms with Crippen molar-refractivity contribution in [3.63, 3.8) is 0 Å². The molecular formula is C20H22ClFN4OS. The van der Waals surface area contributed by atoms with Crippen molar-refractivity contribution < 1.29 is 9.13 Å². The number of aromatic nitrogens is 1. The number of hydrogen-bond donors (Lipinski definition) is 1. The number of hydrogen-bond acceptors (Lipinski definition) is 6. The zero-order chi connectivity index (χ0) is 19.5. The van der Waals surface area contributed by atoms with E-state index in [4.69, 9.17) is 21.3 Å². The summed E-state index contributed by atoms with van der Waals surface area (Å²) in [7, 11) is 0. The average Bonchev–Trinajstić information content (AvgIpc) is 3.24. The van der Waals surface area contributed by atoms with Crippen LogP contribution in [0.15, 0.2) is 40.5 Å². The lowest BCUT2D eigenvalue weighted by Gasteiger charge is -2.30. The third-order valence-electron chi connectivity index (χ3n) is 4.93. The normalized spacial score (nSPS) is 20.5. The van der Waals surface area contributed by atoms with Crippen molar-refractivity contribution in [3.05, 3.63) is 62.5 Å². The highest BCUT2D eigenvalue weighted by molar-refractivity contribution is 7.11. The van der Waals surface area contributed by atoms with Gasteiger partial charge in [-0.15, -0.1) is 11.3 Å². The maximum absolute atomic E-state index is 14.1. The second-order valence-corrected chi connectivity index (χ2v) is 8.02. The van der Waals surface area contributed by atoms with Crippen LogP contribution < -0.4 is 5.32 Å². The van der Waals surface area contributed by atoms with E-state index in [0.717, 1.165) is 55.0 Å². The molecule has 0 aliphatic carbocycles. The average molecular weight is 421 g/mol. The number of aliphatic imine (C=N–C) groups is 1. The van der Waals surface area contributed by atoms with Crippen LogP contribution in [0.3, 0.4) is 0 Å². The molecule has 8 heteroatoms. The first-order valence-corrected chi connectivity index (χ1v) is 10.6. The number of nitrogens with one attached hydrogen (secondary N) is 1. The lowest BCUT2D eigenvalue weighted by molar-refractivity contribution is 0.0418. The smallest absolute Gasteiger partial charge is 0.163 e. The van der Waals surface area contributed by atoms with Crippen LogP contribution in [0.1, 0.15) is 29.1 Å². The Morgan fingerprint density at radius 2 is 2.18 bits per heavy atom. The summed E-state index contributed by atoms with van der Waals surface area (Å²) in [6.45, 7) is 5.95. The van der Waals surface area contributed by atoms with Crippen LogP contribution in [0.2, 0.25) is 5.02 Å². The van der Waals surface area contributed by atoms with Gasteiger partial charge in [0.1, 0.15) is 5.82 Å². The first-order chi connectivity index (χ1) is 13.7. The van der Waals surface area contributed by atoms with Crippen molar-refractivity contribution in [2.45, 2.75) is 19.4 Å². The molecule has 1 unspecified atom stereocenters. The van der Waals surface area contributed by atoms with Gasteiger partial charge in [0.15, 0.2) is 10.8 Å². The number of nitrogens with zero attached hydrogens (tertiary/aromatic N) is 3. The summed E-state index contributed by atoms with van der Waals surface area (Å²) in [4.78, 5) is 11.6. The lowest BCUT2D eigenvalue weighted by Crippen LogP contribution is -2.41. The van der Waals surface area contributed by atoms with E-state index in [-0.39, 0.29) is 11.9 Å². The molecule has 2 aromatic rings. The Kier molecular flexibility index (Phi) is 6.06. The molecule has 1 saturated heterocycles. The van der Waals surface area contributed by atoms with Gasteiger partial charge in [-0.25, -0.2) is 9.37 Å². The topological polar surface area (TPSA) is 49.8 Å². The molecule has 0 radical (unpaired) electrons. The van der Waals surface area contributed by atoms with Crippen LogP contribution in [0.25, 0.3) is 0 Å². The van der Waals surface area contributed by atoms with E-state index in [1.54, 1.807) is 12.3 Å². The Balaban J connectivity index is 1.69. The highest BCUT2D eigenvalue weighted by Crippen LogP contribution is 2.34. The molecule has 3 heterocycles. The minimum absolute atomic E-state index is 0.271. The molecule has 1 N–H and O–H groups in total. The molecule has 28 heavy (non-hydrogen) atoms. The van der Waals surface area contributed by atoms with Gasteiger partial charge in [0, 0.05) is 42.5 Å². The molecule has 0 spiro atoms.